The molecular weight excluding hydrogens is 466 g/mol. The van der Waals surface area contributed by atoms with Gasteiger partial charge in [0, 0.05) is 54.4 Å². The van der Waals surface area contributed by atoms with Gasteiger partial charge >= 0.3 is 0 Å². The Kier molecular flexibility index (Phi) is 9.43. The summed E-state index contributed by atoms with van der Waals surface area (Å²) in [6, 6.07) is 9.10. The van der Waals surface area contributed by atoms with Crippen molar-refractivity contribution < 1.29 is 14.1 Å². The summed E-state index contributed by atoms with van der Waals surface area (Å²) in [5.74, 6) is 0.223. The number of nitrogens with zero attached hydrogens (tertiary/aromatic N) is 3. The zero-order chi connectivity index (χ0) is 26.0. The average molecular weight is 504 g/mol. The first-order chi connectivity index (χ1) is 18.0. The van der Waals surface area contributed by atoms with E-state index in [0.717, 1.165) is 61.2 Å². The molecule has 196 valence electrons. The summed E-state index contributed by atoms with van der Waals surface area (Å²) in [4.78, 5) is 32.5. The number of aromatic nitrogens is 2. The molecule has 0 fully saturated rings. The number of fused-ring (bicyclic) bond motifs is 1. The third-order valence-corrected chi connectivity index (χ3v) is 6.63. The maximum Gasteiger partial charge on any atom is 0.258 e. The number of pyridine rings is 1. The number of rotatable bonds is 6. The number of nitrogens with one attached hydrogen (secondary N) is 2. The number of anilines is 1. The number of benzene rings is 1. The second-order valence-corrected chi connectivity index (χ2v) is 10.0. The summed E-state index contributed by atoms with van der Waals surface area (Å²) in [6.45, 7) is 6.72. The van der Waals surface area contributed by atoms with E-state index in [1.54, 1.807) is 36.9 Å². The van der Waals surface area contributed by atoms with E-state index in [1.807, 2.05) is 17.0 Å². The van der Waals surface area contributed by atoms with Gasteiger partial charge in [0.25, 0.3) is 11.8 Å². The fraction of sp³-hybridized carbons (Fsp3) is 0.448. The molecule has 2 aromatic heterocycles. The number of carbonyl (C=O) groups is 2. The Morgan fingerprint density at radius 2 is 1.84 bits per heavy atom. The maximum absolute atomic E-state index is 13.5. The number of carbonyl (C=O) groups excluding carboxylic acids is 2. The molecule has 0 atom stereocenters. The van der Waals surface area contributed by atoms with Crippen molar-refractivity contribution in [1.82, 2.24) is 20.8 Å². The van der Waals surface area contributed by atoms with Crippen LogP contribution in [0.4, 0.5) is 5.69 Å². The molecule has 1 aliphatic heterocycles. The van der Waals surface area contributed by atoms with Crippen molar-refractivity contribution in [3.63, 3.8) is 0 Å². The lowest BCUT2D eigenvalue weighted by Crippen LogP contribution is -2.34. The van der Waals surface area contributed by atoms with Gasteiger partial charge in [0.2, 0.25) is 0 Å². The van der Waals surface area contributed by atoms with Crippen molar-refractivity contribution in [2.45, 2.75) is 65.5 Å². The summed E-state index contributed by atoms with van der Waals surface area (Å²) in [5.41, 5.74) is 4.71. The van der Waals surface area contributed by atoms with E-state index in [9.17, 15) is 9.59 Å². The molecule has 2 amide bonds. The van der Waals surface area contributed by atoms with E-state index in [0.29, 0.717) is 36.7 Å². The van der Waals surface area contributed by atoms with Crippen molar-refractivity contribution in [2.75, 3.05) is 18.0 Å². The van der Waals surface area contributed by atoms with E-state index in [4.69, 9.17) is 4.52 Å². The summed E-state index contributed by atoms with van der Waals surface area (Å²) < 4.78 is 5.15. The van der Waals surface area contributed by atoms with Gasteiger partial charge in [-0.25, -0.2) is 0 Å². The minimum atomic E-state index is -0.169. The van der Waals surface area contributed by atoms with Gasteiger partial charge in [0.1, 0.15) is 6.26 Å². The molecule has 0 spiro atoms. The van der Waals surface area contributed by atoms with Gasteiger partial charge in [-0.3, -0.25) is 14.6 Å². The summed E-state index contributed by atoms with van der Waals surface area (Å²) in [5, 5.41) is 10.6. The highest BCUT2D eigenvalue weighted by molar-refractivity contribution is 6.06. The van der Waals surface area contributed by atoms with Crippen LogP contribution < -0.4 is 15.5 Å². The SMILES string of the molecule is CC(C)Cc1nocc1CNC(=O)c1ccc2c(c1)CNCCCCCCCN2C(=O)c1ccncc1. The van der Waals surface area contributed by atoms with Crippen LogP contribution in [0.25, 0.3) is 0 Å². The third-order valence-electron chi connectivity index (χ3n) is 6.63. The zero-order valence-corrected chi connectivity index (χ0v) is 21.8. The van der Waals surface area contributed by atoms with Gasteiger partial charge in [0.05, 0.1) is 5.69 Å². The van der Waals surface area contributed by atoms with Crippen LogP contribution >= 0.6 is 0 Å². The molecule has 2 N–H and O–H groups in total. The molecule has 1 aromatic carbocycles. The van der Waals surface area contributed by atoms with Crippen molar-refractivity contribution in [3.8, 4) is 0 Å². The maximum atomic E-state index is 13.5. The Balaban J connectivity index is 1.57. The quantitative estimate of drug-likeness (QED) is 0.496. The standard InChI is InChI=1S/C29H37N5O3/c1-21(2)16-26-25(20-37-33-26)19-32-28(35)23-8-9-27-24(17-23)18-31-12-6-4-3-5-7-15-34(27)29(36)22-10-13-30-14-11-22/h8-11,13-14,17,20-21,31H,3-7,12,15-16,18-19H2,1-2H3,(H,32,35). The predicted octanol–water partition coefficient (Wildman–Crippen LogP) is 4.90. The molecule has 3 heterocycles. The molecule has 0 radical (unpaired) electrons. The van der Waals surface area contributed by atoms with Crippen LogP contribution in [-0.2, 0) is 19.5 Å². The molecule has 0 saturated heterocycles. The lowest BCUT2D eigenvalue weighted by molar-refractivity contribution is 0.0949. The number of hydrogen-bond donors (Lipinski definition) is 2. The van der Waals surface area contributed by atoms with Gasteiger partial charge in [-0.15, -0.1) is 0 Å². The van der Waals surface area contributed by atoms with Crippen molar-refractivity contribution in [1.29, 1.82) is 0 Å². The molecular formula is C29H37N5O3. The van der Waals surface area contributed by atoms with Gasteiger partial charge in [-0.2, -0.15) is 0 Å². The first kappa shape index (κ1) is 26.5. The Bertz CT molecular complexity index is 1180. The van der Waals surface area contributed by atoms with Gasteiger partial charge < -0.3 is 20.1 Å². The largest absolute Gasteiger partial charge is 0.364 e. The molecule has 1 aliphatic rings. The van der Waals surface area contributed by atoms with E-state index in [1.165, 1.54) is 6.42 Å². The molecule has 37 heavy (non-hydrogen) atoms. The Hall–Kier alpha value is -3.52. The lowest BCUT2D eigenvalue weighted by Gasteiger charge is -2.27. The van der Waals surface area contributed by atoms with Gasteiger partial charge in [-0.05, 0) is 67.6 Å². The Morgan fingerprint density at radius 1 is 1.05 bits per heavy atom. The minimum absolute atomic E-state index is 0.0527. The van der Waals surface area contributed by atoms with Crippen molar-refractivity contribution >= 4 is 17.5 Å². The van der Waals surface area contributed by atoms with Crippen molar-refractivity contribution in [2.24, 2.45) is 5.92 Å². The van der Waals surface area contributed by atoms with Crippen LogP contribution in [0.3, 0.4) is 0 Å². The highest BCUT2D eigenvalue weighted by atomic mass is 16.5. The van der Waals surface area contributed by atoms with Crippen LogP contribution in [0, 0.1) is 5.92 Å². The van der Waals surface area contributed by atoms with Crippen molar-refractivity contribution in [3.05, 3.63) is 76.9 Å². The first-order valence-corrected chi connectivity index (χ1v) is 13.3. The Labute approximate surface area is 218 Å². The second-order valence-electron chi connectivity index (χ2n) is 10.0. The number of hydrogen-bond acceptors (Lipinski definition) is 6. The van der Waals surface area contributed by atoms with Crippen LogP contribution in [0.15, 0.2) is 53.5 Å². The summed E-state index contributed by atoms with van der Waals surface area (Å²) in [7, 11) is 0. The van der Waals surface area contributed by atoms with E-state index in [2.05, 4.69) is 34.6 Å². The first-order valence-electron chi connectivity index (χ1n) is 13.3. The Morgan fingerprint density at radius 3 is 2.65 bits per heavy atom. The topological polar surface area (TPSA) is 100 Å². The fourth-order valence-electron chi connectivity index (χ4n) is 4.64. The highest BCUT2D eigenvalue weighted by Crippen LogP contribution is 2.26. The van der Waals surface area contributed by atoms with Crippen LogP contribution in [0.2, 0.25) is 0 Å². The minimum Gasteiger partial charge on any atom is -0.364 e. The van der Waals surface area contributed by atoms with Gasteiger partial charge in [-0.1, -0.05) is 38.3 Å². The molecule has 0 aliphatic carbocycles. The highest BCUT2D eigenvalue weighted by Gasteiger charge is 2.22. The molecule has 0 unspecified atom stereocenters. The molecule has 0 saturated carbocycles. The fourth-order valence-corrected chi connectivity index (χ4v) is 4.64. The van der Waals surface area contributed by atoms with E-state index in [-0.39, 0.29) is 11.8 Å². The van der Waals surface area contributed by atoms with Crippen LogP contribution in [0.1, 0.15) is 83.5 Å². The molecule has 0 bridgehead atoms. The molecule has 8 nitrogen and oxygen atoms in total. The van der Waals surface area contributed by atoms with Crippen LogP contribution in [0.5, 0.6) is 0 Å². The predicted molar refractivity (Wildman–Crippen MR) is 143 cm³/mol. The summed E-state index contributed by atoms with van der Waals surface area (Å²) >= 11 is 0. The monoisotopic (exact) mass is 503 g/mol. The van der Waals surface area contributed by atoms with E-state index < -0.39 is 0 Å². The molecule has 3 aromatic rings. The zero-order valence-electron chi connectivity index (χ0n) is 21.8. The lowest BCUT2D eigenvalue weighted by atomic mass is 10.0. The number of amides is 2. The summed E-state index contributed by atoms with van der Waals surface area (Å²) in [6.07, 6.45) is 11.1. The smallest absolute Gasteiger partial charge is 0.258 e. The van der Waals surface area contributed by atoms with Gasteiger partial charge in [0.15, 0.2) is 0 Å². The second kappa shape index (κ2) is 13.1. The average Bonchev–Trinajstić information content (AvgIpc) is 3.34. The van der Waals surface area contributed by atoms with Crippen LogP contribution in [-0.4, -0.2) is 35.0 Å². The third kappa shape index (κ3) is 7.26. The molecule has 4 rings (SSSR count). The molecule has 8 heteroatoms. The van der Waals surface area contributed by atoms with E-state index >= 15 is 0 Å². The normalized spacial score (nSPS) is 14.9.